The summed E-state index contributed by atoms with van der Waals surface area (Å²) in [6.45, 7) is 10.2. The molecule has 1 aliphatic heterocycles. The SMILES string of the molecule is CCOC(=O)c1ccc(-n2c(C)cc(/C=C3\SC(=Nc4cc(C)cc(C)c4)NC3=O)c2C)cc1. The molecular weight excluding hydrogens is 446 g/mol. The summed E-state index contributed by atoms with van der Waals surface area (Å²) in [6, 6.07) is 15.5. The van der Waals surface area contributed by atoms with E-state index in [1.165, 1.54) is 11.8 Å². The van der Waals surface area contributed by atoms with Crippen molar-refractivity contribution in [3.05, 3.63) is 87.1 Å². The van der Waals surface area contributed by atoms with Gasteiger partial charge in [0.2, 0.25) is 0 Å². The first-order chi connectivity index (χ1) is 16.2. The lowest BCUT2D eigenvalue weighted by atomic mass is 10.1. The largest absolute Gasteiger partial charge is 0.462 e. The number of amides is 1. The van der Waals surface area contributed by atoms with E-state index in [2.05, 4.69) is 27.0 Å². The van der Waals surface area contributed by atoms with E-state index in [4.69, 9.17) is 4.74 Å². The van der Waals surface area contributed by atoms with Gasteiger partial charge in [0.15, 0.2) is 5.17 Å². The number of ether oxygens (including phenoxy) is 1. The summed E-state index contributed by atoms with van der Waals surface area (Å²) in [5, 5.41) is 3.44. The molecule has 2 aromatic carbocycles. The monoisotopic (exact) mass is 473 g/mol. The molecule has 1 fully saturated rings. The van der Waals surface area contributed by atoms with Gasteiger partial charge in [-0.25, -0.2) is 9.79 Å². The van der Waals surface area contributed by atoms with E-state index < -0.39 is 0 Å². The molecule has 6 nitrogen and oxygen atoms in total. The number of aryl methyl sites for hydroxylation is 3. The number of thioether (sulfide) groups is 1. The van der Waals surface area contributed by atoms with Crippen LogP contribution in [0.2, 0.25) is 0 Å². The highest BCUT2D eigenvalue weighted by atomic mass is 32.2. The average Bonchev–Trinajstić information content (AvgIpc) is 3.25. The van der Waals surface area contributed by atoms with E-state index in [0.29, 0.717) is 22.2 Å². The Balaban J connectivity index is 1.59. The maximum atomic E-state index is 12.6. The van der Waals surface area contributed by atoms with Gasteiger partial charge in [-0.05, 0) is 112 Å². The normalized spacial score (nSPS) is 15.7. The molecule has 1 aliphatic rings. The fourth-order valence-electron chi connectivity index (χ4n) is 4.05. The summed E-state index contributed by atoms with van der Waals surface area (Å²) < 4.78 is 7.16. The number of aliphatic imine (C=N–C) groups is 1. The van der Waals surface area contributed by atoms with Crippen LogP contribution in [0.1, 0.15) is 45.4 Å². The Kier molecular flexibility index (Phi) is 6.75. The molecule has 7 heteroatoms. The number of benzene rings is 2. The van der Waals surface area contributed by atoms with Gasteiger partial charge in [0.25, 0.3) is 5.91 Å². The third-order valence-corrected chi connectivity index (χ3v) is 6.39. The van der Waals surface area contributed by atoms with Gasteiger partial charge in [-0.15, -0.1) is 0 Å². The van der Waals surface area contributed by atoms with E-state index in [1.807, 2.05) is 58.0 Å². The van der Waals surface area contributed by atoms with Crippen LogP contribution in [-0.2, 0) is 9.53 Å². The highest BCUT2D eigenvalue weighted by molar-refractivity contribution is 8.18. The summed E-state index contributed by atoms with van der Waals surface area (Å²) in [6.07, 6.45) is 1.90. The Bertz CT molecular complexity index is 1310. The van der Waals surface area contributed by atoms with Crippen molar-refractivity contribution in [2.45, 2.75) is 34.6 Å². The molecule has 1 aromatic heterocycles. The van der Waals surface area contributed by atoms with Crippen molar-refractivity contribution in [2.75, 3.05) is 6.61 Å². The topological polar surface area (TPSA) is 72.7 Å². The van der Waals surface area contributed by atoms with E-state index in [9.17, 15) is 9.59 Å². The van der Waals surface area contributed by atoms with Crippen LogP contribution in [0.25, 0.3) is 11.8 Å². The lowest BCUT2D eigenvalue weighted by Crippen LogP contribution is -2.19. The molecule has 1 amide bonds. The number of hydrogen-bond donors (Lipinski definition) is 1. The third kappa shape index (κ3) is 4.99. The number of nitrogens with zero attached hydrogens (tertiary/aromatic N) is 2. The van der Waals surface area contributed by atoms with Crippen molar-refractivity contribution < 1.29 is 14.3 Å². The Labute approximate surface area is 203 Å². The van der Waals surface area contributed by atoms with Crippen LogP contribution in [0.5, 0.6) is 0 Å². The second-order valence-electron chi connectivity index (χ2n) is 8.26. The number of carbonyl (C=O) groups is 2. The van der Waals surface area contributed by atoms with Gasteiger partial charge in [-0.2, -0.15) is 0 Å². The molecule has 1 saturated heterocycles. The molecule has 0 spiro atoms. The predicted molar refractivity (Wildman–Crippen MR) is 138 cm³/mol. The zero-order chi connectivity index (χ0) is 24.4. The second kappa shape index (κ2) is 9.73. The Morgan fingerprint density at radius 2 is 1.74 bits per heavy atom. The Hall–Kier alpha value is -3.58. The van der Waals surface area contributed by atoms with Crippen LogP contribution < -0.4 is 5.32 Å². The van der Waals surface area contributed by atoms with Crippen LogP contribution >= 0.6 is 11.8 Å². The molecular formula is C27H27N3O3S. The molecule has 1 N–H and O–H groups in total. The van der Waals surface area contributed by atoms with Gasteiger partial charge in [0.1, 0.15) is 0 Å². The number of aromatic nitrogens is 1. The van der Waals surface area contributed by atoms with E-state index in [1.54, 1.807) is 19.1 Å². The van der Waals surface area contributed by atoms with Crippen molar-refractivity contribution in [1.29, 1.82) is 0 Å². The smallest absolute Gasteiger partial charge is 0.338 e. The maximum Gasteiger partial charge on any atom is 0.338 e. The van der Waals surface area contributed by atoms with Crippen LogP contribution in [-0.4, -0.2) is 28.2 Å². The van der Waals surface area contributed by atoms with E-state index in [0.717, 1.165) is 39.5 Å². The van der Waals surface area contributed by atoms with Gasteiger partial charge < -0.3 is 14.6 Å². The molecule has 0 aliphatic carbocycles. The molecule has 3 aromatic rings. The van der Waals surface area contributed by atoms with Crippen molar-refractivity contribution in [3.8, 4) is 5.69 Å². The number of carbonyl (C=O) groups excluding carboxylic acids is 2. The van der Waals surface area contributed by atoms with Gasteiger partial charge in [0, 0.05) is 17.1 Å². The molecule has 0 atom stereocenters. The molecule has 0 unspecified atom stereocenters. The van der Waals surface area contributed by atoms with Crippen LogP contribution in [0.3, 0.4) is 0 Å². The predicted octanol–water partition coefficient (Wildman–Crippen LogP) is 5.78. The summed E-state index contributed by atoms with van der Waals surface area (Å²) in [5.41, 5.74) is 7.53. The zero-order valence-electron chi connectivity index (χ0n) is 19.9. The average molecular weight is 474 g/mol. The minimum Gasteiger partial charge on any atom is -0.462 e. The third-order valence-electron chi connectivity index (χ3n) is 5.48. The van der Waals surface area contributed by atoms with E-state index in [-0.39, 0.29) is 11.9 Å². The first-order valence-electron chi connectivity index (χ1n) is 11.1. The quantitative estimate of drug-likeness (QED) is 0.377. The van der Waals surface area contributed by atoms with Gasteiger partial charge in [-0.3, -0.25) is 4.79 Å². The van der Waals surface area contributed by atoms with E-state index >= 15 is 0 Å². The van der Waals surface area contributed by atoms with Crippen molar-refractivity contribution in [1.82, 2.24) is 9.88 Å². The van der Waals surface area contributed by atoms with Gasteiger partial charge in [-0.1, -0.05) is 6.07 Å². The van der Waals surface area contributed by atoms with Crippen LogP contribution in [0, 0.1) is 27.7 Å². The number of amidine groups is 1. The van der Waals surface area contributed by atoms with Gasteiger partial charge in [0.05, 0.1) is 22.8 Å². The zero-order valence-corrected chi connectivity index (χ0v) is 20.7. The number of esters is 1. The molecule has 2 heterocycles. The number of hydrogen-bond acceptors (Lipinski definition) is 5. The van der Waals surface area contributed by atoms with Crippen LogP contribution in [0.15, 0.2) is 58.4 Å². The minimum absolute atomic E-state index is 0.156. The van der Waals surface area contributed by atoms with Crippen molar-refractivity contribution in [3.63, 3.8) is 0 Å². The summed E-state index contributed by atoms with van der Waals surface area (Å²) in [7, 11) is 0. The lowest BCUT2D eigenvalue weighted by molar-refractivity contribution is -0.115. The standard InChI is InChI=1S/C27H27N3O3S/c1-6-33-26(32)20-7-9-23(10-8-20)30-18(4)14-21(19(30)5)15-24-25(31)29-27(34-24)28-22-12-16(2)11-17(3)13-22/h7-15H,6H2,1-5H3,(H,28,29,31)/b24-15-. The second-order valence-corrected chi connectivity index (χ2v) is 9.29. The Morgan fingerprint density at radius 3 is 2.38 bits per heavy atom. The molecule has 34 heavy (non-hydrogen) atoms. The maximum absolute atomic E-state index is 12.6. The molecule has 174 valence electrons. The van der Waals surface area contributed by atoms with Crippen molar-refractivity contribution >= 4 is 40.6 Å². The highest BCUT2D eigenvalue weighted by Crippen LogP contribution is 2.31. The van der Waals surface area contributed by atoms with Crippen LogP contribution in [0.4, 0.5) is 5.69 Å². The summed E-state index contributed by atoms with van der Waals surface area (Å²) >= 11 is 1.34. The first-order valence-corrected chi connectivity index (χ1v) is 11.9. The summed E-state index contributed by atoms with van der Waals surface area (Å²) in [5.74, 6) is -0.486. The number of nitrogens with one attached hydrogen (secondary N) is 1. The molecule has 4 rings (SSSR count). The summed E-state index contributed by atoms with van der Waals surface area (Å²) in [4.78, 5) is 29.8. The number of rotatable bonds is 5. The van der Waals surface area contributed by atoms with Crippen molar-refractivity contribution in [2.24, 2.45) is 4.99 Å². The lowest BCUT2D eigenvalue weighted by Gasteiger charge is -2.10. The minimum atomic E-state index is -0.331. The molecule has 0 radical (unpaired) electrons. The first kappa shape index (κ1) is 23.6. The highest BCUT2D eigenvalue weighted by Gasteiger charge is 2.24. The Morgan fingerprint density at radius 1 is 1.06 bits per heavy atom. The fourth-order valence-corrected chi connectivity index (χ4v) is 4.88. The van der Waals surface area contributed by atoms with Gasteiger partial charge >= 0.3 is 5.97 Å². The molecule has 0 bridgehead atoms. The fraction of sp³-hybridized carbons (Fsp3) is 0.222. The molecule has 0 saturated carbocycles.